The number of imide groups is 1. The molecule has 0 atom stereocenters. The van der Waals surface area contributed by atoms with Crippen molar-refractivity contribution in [1.29, 1.82) is 0 Å². The van der Waals surface area contributed by atoms with Crippen LogP contribution in [0.5, 0.6) is 0 Å². The minimum absolute atomic E-state index is 0.375. The number of halogens is 1. The molecule has 0 bridgehead atoms. The van der Waals surface area contributed by atoms with Crippen LogP contribution in [-0.2, 0) is 14.3 Å². The Bertz CT molecular complexity index is 591. The lowest BCUT2D eigenvalue weighted by molar-refractivity contribution is -0.147. The molecular formula is C13H14BrN3O5. The van der Waals surface area contributed by atoms with Gasteiger partial charge >= 0.3 is 12.0 Å². The van der Waals surface area contributed by atoms with Crippen molar-refractivity contribution in [3.05, 3.63) is 34.3 Å². The third-order valence-corrected chi connectivity index (χ3v) is 2.82. The summed E-state index contributed by atoms with van der Waals surface area (Å²) in [6.45, 7) is -1.00. The smallest absolute Gasteiger partial charge is 0.325 e. The first-order chi connectivity index (χ1) is 10.4. The number of ether oxygens (including phenoxy) is 1. The Hall–Kier alpha value is -2.42. The SMILES string of the molecule is CNC(=O)NC(=O)COC(=O)CNC(=O)c1cccc(Br)c1. The van der Waals surface area contributed by atoms with E-state index in [1.807, 2.05) is 5.32 Å². The number of hydrogen-bond acceptors (Lipinski definition) is 5. The average Bonchev–Trinajstić information content (AvgIpc) is 2.50. The second-order valence-electron chi connectivity index (χ2n) is 3.98. The van der Waals surface area contributed by atoms with Crippen LogP contribution in [0, 0.1) is 0 Å². The second-order valence-corrected chi connectivity index (χ2v) is 4.90. The van der Waals surface area contributed by atoms with Crippen molar-refractivity contribution < 1.29 is 23.9 Å². The van der Waals surface area contributed by atoms with Gasteiger partial charge in [-0.1, -0.05) is 22.0 Å². The van der Waals surface area contributed by atoms with Crippen LogP contribution in [0.4, 0.5) is 4.79 Å². The standard InChI is InChI=1S/C13H14BrN3O5/c1-15-13(21)17-10(18)7-22-11(19)6-16-12(20)8-3-2-4-9(14)5-8/h2-5H,6-7H2,1H3,(H,16,20)(H2,15,17,18,21). The van der Waals surface area contributed by atoms with Crippen LogP contribution in [0.1, 0.15) is 10.4 Å². The third kappa shape index (κ3) is 6.35. The van der Waals surface area contributed by atoms with Gasteiger partial charge < -0.3 is 15.4 Å². The second kappa shape index (κ2) is 8.78. The van der Waals surface area contributed by atoms with Crippen LogP contribution < -0.4 is 16.0 Å². The fraction of sp³-hybridized carbons (Fsp3) is 0.231. The molecule has 0 aliphatic heterocycles. The van der Waals surface area contributed by atoms with Gasteiger partial charge in [0.05, 0.1) is 0 Å². The highest BCUT2D eigenvalue weighted by Gasteiger charge is 2.12. The molecule has 0 heterocycles. The van der Waals surface area contributed by atoms with E-state index in [1.54, 1.807) is 24.3 Å². The molecule has 4 amide bonds. The zero-order valence-corrected chi connectivity index (χ0v) is 13.2. The van der Waals surface area contributed by atoms with E-state index in [-0.39, 0.29) is 0 Å². The van der Waals surface area contributed by atoms with Crippen molar-refractivity contribution >= 4 is 39.7 Å². The number of hydrogen-bond donors (Lipinski definition) is 3. The molecule has 8 nitrogen and oxygen atoms in total. The molecule has 0 spiro atoms. The van der Waals surface area contributed by atoms with Gasteiger partial charge in [-0.3, -0.25) is 19.7 Å². The molecule has 0 saturated carbocycles. The monoisotopic (exact) mass is 371 g/mol. The predicted molar refractivity (Wildman–Crippen MR) is 80.0 cm³/mol. The van der Waals surface area contributed by atoms with E-state index in [0.717, 1.165) is 4.47 Å². The molecule has 0 saturated heterocycles. The summed E-state index contributed by atoms with van der Waals surface area (Å²) in [6, 6.07) is 5.92. The quantitative estimate of drug-likeness (QED) is 0.638. The molecule has 0 radical (unpaired) electrons. The zero-order chi connectivity index (χ0) is 16.5. The maximum absolute atomic E-state index is 11.8. The first-order valence-corrected chi connectivity index (χ1v) is 6.92. The lowest BCUT2D eigenvalue weighted by Gasteiger charge is -2.07. The van der Waals surface area contributed by atoms with E-state index in [0.29, 0.717) is 5.56 Å². The summed E-state index contributed by atoms with van der Waals surface area (Å²) in [4.78, 5) is 45.1. The number of urea groups is 1. The lowest BCUT2D eigenvalue weighted by atomic mass is 10.2. The molecule has 0 aliphatic carbocycles. The number of esters is 1. The maximum Gasteiger partial charge on any atom is 0.325 e. The highest BCUT2D eigenvalue weighted by atomic mass is 79.9. The topological polar surface area (TPSA) is 114 Å². The Morgan fingerprint density at radius 3 is 2.59 bits per heavy atom. The first-order valence-electron chi connectivity index (χ1n) is 6.13. The van der Waals surface area contributed by atoms with Gasteiger partial charge in [0.15, 0.2) is 6.61 Å². The predicted octanol–water partition coefficient (Wildman–Crippen LogP) is 0.178. The minimum Gasteiger partial charge on any atom is -0.454 e. The molecule has 9 heteroatoms. The van der Waals surface area contributed by atoms with Crippen LogP contribution in [0.25, 0.3) is 0 Å². The number of carbonyl (C=O) groups is 4. The Morgan fingerprint density at radius 1 is 1.23 bits per heavy atom. The van der Waals surface area contributed by atoms with E-state index >= 15 is 0 Å². The first kappa shape index (κ1) is 17.6. The van der Waals surface area contributed by atoms with E-state index in [2.05, 4.69) is 31.3 Å². The van der Waals surface area contributed by atoms with Crippen LogP contribution in [0.15, 0.2) is 28.7 Å². The van der Waals surface area contributed by atoms with Crippen molar-refractivity contribution in [2.45, 2.75) is 0 Å². The molecule has 118 valence electrons. The Kier molecular flexibility index (Phi) is 7.03. The van der Waals surface area contributed by atoms with Gasteiger partial charge in [0.1, 0.15) is 6.54 Å². The maximum atomic E-state index is 11.8. The highest BCUT2D eigenvalue weighted by molar-refractivity contribution is 9.10. The Morgan fingerprint density at radius 2 is 1.95 bits per heavy atom. The molecule has 0 aromatic heterocycles. The van der Waals surface area contributed by atoms with Crippen molar-refractivity contribution in [1.82, 2.24) is 16.0 Å². The van der Waals surface area contributed by atoms with Gasteiger partial charge in [-0.2, -0.15) is 0 Å². The summed E-state index contributed by atoms with van der Waals surface area (Å²) >= 11 is 3.23. The number of rotatable bonds is 5. The molecule has 0 aliphatic rings. The summed E-state index contributed by atoms with van der Waals surface area (Å²) in [6.07, 6.45) is 0. The van der Waals surface area contributed by atoms with E-state index in [1.165, 1.54) is 7.05 Å². The minimum atomic E-state index is -0.796. The van der Waals surface area contributed by atoms with Crippen molar-refractivity contribution in [2.24, 2.45) is 0 Å². The summed E-state index contributed by atoms with van der Waals surface area (Å²) in [5.74, 6) is -2.02. The fourth-order valence-electron chi connectivity index (χ4n) is 1.31. The normalized spacial score (nSPS) is 9.55. The summed E-state index contributed by atoms with van der Waals surface area (Å²) < 4.78 is 5.33. The van der Waals surface area contributed by atoms with Crippen LogP contribution >= 0.6 is 15.9 Å². The fourth-order valence-corrected chi connectivity index (χ4v) is 1.71. The zero-order valence-electron chi connectivity index (χ0n) is 11.6. The number of nitrogens with one attached hydrogen (secondary N) is 3. The summed E-state index contributed by atoms with van der Waals surface area (Å²) in [5, 5.41) is 6.45. The van der Waals surface area contributed by atoms with Gasteiger partial charge in [-0.15, -0.1) is 0 Å². The van der Waals surface area contributed by atoms with Crippen LogP contribution in [0.3, 0.4) is 0 Å². The number of benzene rings is 1. The van der Waals surface area contributed by atoms with Crippen molar-refractivity contribution in [3.8, 4) is 0 Å². The van der Waals surface area contributed by atoms with E-state index in [9.17, 15) is 19.2 Å². The third-order valence-electron chi connectivity index (χ3n) is 2.32. The van der Waals surface area contributed by atoms with Gasteiger partial charge in [0.25, 0.3) is 11.8 Å². The Balaban J connectivity index is 2.32. The summed E-state index contributed by atoms with van der Waals surface area (Å²) in [7, 11) is 1.34. The number of amides is 4. The molecule has 1 rings (SSSR count). The van der Waals surface area contributed by atoms with Crippen LogP contribution in [-0.4, -0.2) is 44.0 Å². The molecule has 0 fully saturated rings. The number of carbonyl (C=O) groups excluding carboxylic acids is 4. The molecular weight excluding hydrogens is 358 g/mol. The Labute approximate surface area is 134 Å². The molecule has 0 unspecified atom stereocenters. The molecule has 3 N–H and O–H groups in total. The summed E-state index contributed by atoms with van der Waals surface area (Å²) in [5.41, 5.74) is 0.375. The van der Waals surface area contributed by atoms with Gasteiger partial charge in [0.2, 0.25) is 0 Å². The average molecular weight is 372 g/mol. The van der Waals surface area contributed by atoms with E-state index < -0.39 is 37.0 Å². The van der Waals surface area contributed by atoms with Crippen LogP contribution in [0.2, 0.25) is 0 Å². The lowest BCUT2D eigenvalue weighted by Crippen LogP contribution is -2.40. The highest BCUT2D eigenvalue weighted by Crippen LogP contribution is 2.11. The van der Waals surface area contributed by atoms with Gasteiger partial charge in [-0.25, -0.2) is 4.79 Å². The van der Waals surface area contributed by atoms with E-state index in [4.69, 9.17) is 0 Å². The largest absolute Gasteiger partial charge is 0.454 e. The van der Waals surface area contributed by atoms with Gasteiger partial charge in [-0.05, 0) is 18.2 Å². The van der Waals surface area contributed by atoms with Gasteiger partial charge in [0, 0.05) is 17.1 Å². The molecule has 22 heavy (non-hydrogen) atoms. The molecule has 1 aromatic carbocycles. The van der Waals surface area contributed by atoms with Crippen molar-refractivity contribution in [3.63, 3.8) is 0 Å². The van der Waals surface area contributed by atoms with Crippen molar-refractivity contribution in [2.75, 3.05) is 20.2 Å². The molecule has 1 aromatic rings.